The van der Waals surface area contributed by atoms with Crippen LogP contribution in [0, 0.1) is 0 Å². The molecule has 1 unspecified atom stereocenters. The molecule has 0 spiro atoms. The largest absolute Gasteiger partial charge is 0.366 e. The number of hydrogen-bond donors (Lipinski definition) is 0. The van der Waals surface area contributed by atoms with Gasteiger partial charge in [0.05, 0.1) is 0 Å². The van der Waals surface area contributed by atoms with Crippen molar-refractivity contribution in [1.29, 1.82) is 0 Å². The molecule has 0 amide bonds. The molecule has 0 radical (unpaired) electrons. The number of benzene rings is 1. The highest BCUT2D eigenvalue weighted by Gasteiger charge is 2.28. The molecule has 0 N–H and O–H groups in total. The van der Waals surface area contributed by atoms with E-state index in [2.05, 4.69) is 39.2 Å². The van der Waals surface area contributed by atoms with E-state index < -0.39 is 0 Å². The predicted molar refractivity (Wildman–Crippen MR) is 115 cm³/mol. The van der Waals surface area contributed by atoms with Crippen molar-refractivity contribution < 1.29 is 4.79 Å². The predicted octanol–water partition coefficient (Wildman–Crippen LogP) is 4.12. The fourth-order valence-electron chi connectivity index (χ4n) is 4.60. The summed E-state index contributed by atoms with van der Waals surface area (Å²) < 4.78 is 0. The fourth-order valence-corrected chi connectivity index (χ4v) is 5.23. The van der Waals surface area contributed by atoms with E-state index in [4.69, 9.17) is 0 Å². The molecule has 2 aliphatic heterocycles. The summed E-state index contributed by atoms with van der Waals surface area (Å²) >= 11 is 1.46. The van der Waals surface area contributed by atoms with E-state index in [-0.39, 0.29) is 5.12 Å². The molecule has 1 aromatic carbocycles. The van der Waals surface area contributed by atoms with Crippen molar-refractivity contribution in [3.05, 3.63) is 36.2 Å². The molecule has 5 heteroatoms. The van der Waals surface area contributed by atoms with Crippen molar-refractivity contribution in [2.75, 3.05) is 36.8 Å². The second kappa shape index (κ2) is 8.61. The lowest BCUT2D eigenvalue weighted by atomic mass is 9.95. The van der Waals surface area contributed by atoms with Gasteiger partial charge in [-0.25, -0.2) is 0 Å². The van der Waals surface area contributed by atoms with Gasteiger partial charge in [-0.2, -0.15) is 0 Å². The van der Waals surface area contributed by atoms with E-state index in [0.29, 0.717) is 6.04 Å². The number of unbranched alkanes of at least 4 members (excludes halogenated alkanes) is 1. The average Bonchev–Trinajstić information content (AvgIpc) is 2.68. The number of anilines is 1. The second-order valence-corrected chi connectivity index (χ2v) is 9.03. The van der Waals surface area contributed by atoms with Gasteiger partial charge in [0.15, 0.2) is 5.12 Å². The molecule has 1 atom stereocenters. The van der Waals surface area contributed by atoms with Gasteiger partial charge < -0.3 is 9.80 Å². The zero-order valence-electron chi connectivity index (χ0n) is 16.2. The van der Waals surface area contributed by atoms with E-state index in [1.54, 1.807) is 6.92 Å². The number of likely N-dealkylation sites (tertiary alicyclic amines) is 1. The lowest BCUT2D eigenvalue weighted by Gasteiger charge is -2.43. The minimum atomic E-state index is 0.239. The monoisotopic (exact) mass is 383 g/mol. The summed E-state index contributed by atoms with van der Waals surface area (Å²) in [5.74, 6) is 0.964. The minimum absolute atomic E-state index is 0.239. The van der Waals surface area contributed by atoms with Crippen LogP contribution in [-0.4, -0.2) is 53.0 Å². The Morgan fingerprint density at radius 3 is 3.07 bits per heavy atom. The van der Waals surface area contributed by atoms with Crippen molar-refractivity contribution in [3.63, 3.8) is 0 Å². The highest BCUT2D eigenvalue weighted by atomic mass is 32.2. The van der Waals surface area contributed by atoms with Crippen LogP contribution in [0.15, 0.2) is 30.6 Å². The summed E-state index contributed by atoms with van der Waals surface area (Å²) in [5.41, 5.74) is 2.80. The SMILES string of the molecule is CC(=O)SCCCCN1CCCC(N2CCc3cncc4cccc2c34)C1. The Hall–Kier alpha value is -1.59. The van der Waals surface area contributed by atoms with Crippen LogP contribution in [0.5, 0.6) is 0 Å². The van der Waals surface area contributed by atoms with Crippen LogP contribution in [0.2, 0.25) is 0 Å². The zero-order chi connectivity index (χ0) is 18.6. The lowest BCUT2D eigenvalue weighted by molar-refractivity contribution is -0.109. The van der Waals surface area contributed by atoms with Gasteiger partial charge in [0, 0.05) is 60.7 Å². The summed E-state index contributed by atoms with van der Waals surface area (Å²) in [6, 6.07) is 7.26. The number of thioether (sulfide) groups is 1. The molecule has 2 aliphatic rings. The number of carbonyl (C=O) groups excluding carboxylic acids is 1. The molecule has 0 saturated carbocycles. The minimum Gasteiger partial charge on any atom is -0.366 e. The van der Waals surface area contributed by atoms with Gasteiger partial charge in [0.25, 0.3) is 0 Å². The topological polar surface area (TPSA) is 36.4 Å². The van der Waals surface area contributed by atoms with E-state index >= 15 is 0 Å². The highest BCUT2D eigenvalue weighted by Crippen LogP contribution is 2.36. The van der Waals surface area contributed by atoms with Gasteiger partial charge in [-0.05, 0) is 56.8 Å². The zero-order valence-corrected chi connectivity index (χ0v) is 17.0. The van der Waals surface area contributed by atoms with Crippen LogP contribution < -0.4 is 4.90 Å². The van der Waals surface area contributed by atoms with Crippen molar-refractivity contribution in [3.8, 4) is 0 Å². The maximum atomic E-state index is 11.0. The molecule has 1 aromatic heterocycles. The van der Waals surface area contributed by atoms with Crippen LogP contribution in [0.3, 0.4) is 0 Å². The number of pyridine rings is 1. The number of carbonyl (C=O) groups is 1. The van der Waals surface area contributed by atoms with Gasteiger partial charge in [0.1, 0.15) is 0 Å². The molecule has 144 valence electrons. The third-order valence-electron chi connectivity index (χ3n) is 5.87. The fraction of sp³-hybridized carbons (Fsp3) is 0.545. The number of rotatable bonds is 6. The van der Waals surface area contributed by atoms with E-state index in [0.717, 1.165) is 38.2 Å². The standard InChI is InChI=1S/C22H29N3OS/c1-17(26)27-13-3-2-10-24-11-5-7-20(16-24)25-12-9-19-15-23-14-18-6-4-8-21(25)22(18)19/h4,6,8,14-15,20H,2-3,5,7,9-13,16H2,1H3. The van der Waals surface area contributed by atoms with E-state index in [9.17, 15) is 4.79 Å². The van der Waals surface area contributed by atoms with Crippen molar-refractivity contribution in [1.82, 2.24) is 9.88 Å². The molecular formula is C22H29N3OS. The van der Waals surface area contributed by atoms with Crippen LogP contribution >= 0.6 is 11.8 Å². The first-order chi connectivity index (χ1) is 13.2. The van der Waals surface area contributed by atoms with Gasteiger partial charge in [-0.1, -0.05) is 23.9 Å². The molecule has 3 heterocycles. The molecule has 1 fully saturated rings. The summed E-state index contributed by atoms with van der Waals surface area (Å²) in [6.45, 7) is 6.30. The molecule has 4 rings (SSSR count). The Labute approximate surface area is 166 Å². The first-order valence-electron chi connectivity index (χ1n) is 10.2. The Morgan fingerprint density at radius 2 is 2.19 bits per heavy atom. The van der Waals surface area contributed by atoms with Crippen molar-refractivity contribution in [2.45, 2.75) is 45.1 Å². The summed E-state index contributed by atoms with van der Waals surface area (Å²) in [4.78, 5) is 20.7. The third-order valence-corrected chi connectivity index (χ3v) is 6.77. The summed E-state index contributed by atoms with van der Waals surface area (Å²) in [5, 5.41) is 2.92. The summed E-state index contributed by atoms with van der Waals surface area (Å²) in [6.07, 6.45) is 10.0. The molecule has 2 aromatic rings. The quantitative estimate of drug-likeness (QED) is 0.701. The summed E-state index contributed by atoms with van der Waals surface area (Å²) in [7, 11) is 0. The van der Waals surface area contributed by atoms with Crippen LogP contribution in [0.25, 0.3) is 10.8 Å². The number of hydrogen-bond acceptors (Lipinski definition) is 5. The van der Waals surface area contributed by atoms with Crippen molar-refractivity contribution in [2.24, 2.45) is 0 Å². The number of aromatic nitrogens is 1. The van der Waals surface area contributed by atoms with Gasteiger partial charge in [-0.15, -0.1) is 0 Å². The Bertz CT molecular complexity index is 804. The van der Waals surface area contributed by atoms with Gasteiger partial charge in [-0.3, -0.25) is 9.78 Å². The van der Waals surface area contributed by atoms with E-state index in [1.165, 1.54) is 59.6 Å². The first kappa shape index (κ1) is 18.8. The number of nitrogens with zero attached hydrogens (tertiary/aromatic N) is 3. The average molecular weight is 384 g/mol. The second-order valence-electron chi connectivity index (χ2n) is 7.76. The first-order valence-corrected chi connectivity index (χ1v) is 11.2. The Balaban J connectivity index is 1.40. The van der Waals surface area contributed by atoms with Crippen molar-refractivity contribution >= 4 is 33.3 Å². The Morgan fingerprint density at radius 1 is 1.26 bits per heavy atom. The molecule has 0 aliphatic carbocycles. The van der Waals surface area contributed by atoms with Crippen LogP contribution in [0.1, 0.15) is 38.2 Å². The Kier molecular flexibility index (Phi) is 5.98. The maximum Gasteiger partial charge on any atom is 0.185 e. The molecule has 0 bridgehead atoms. The molecule has 1 saturated heterocycles. The van der Waals surface area contributed by atoms with E-state index in [1.807, 2.05) is 6.20 Å². The van der Waals surface area contributed by atoms with Gasteiger partial charge in [0.2, 0.25) is 0 Å². The smallest absolute Gasteiger partial charge is 0.185 e. The molecular weight excluding hydrogens is 354 g/mol. The third kappa shape index (κ3) is 4.30. The number of piperidine rings is 1. The molecule has 27 heavy (non-hydrogen) atoms. The normalized spacial score (nSPS) is 20.2. The van der Waals surface area contributed by atoms with Crippen LogP contribution in [-0.2, 0) is 11.2 Å². The van der Waals surface area contributed by atoms with Crippen LogP contribution in [0.4, 0.5) is 5.69 Å². The van der Waals surface area contributed by atoms with Gasteiger partial charge >= 0.3 is 0 Å². The maximum absolute atomic E-state index is 11.0. The highest BCUT2D eigenvalue weighted by molar-refractivity contribution is 8.13. The molecule has 4 nitrogen and oxygen atoms in total. The lowest BCUT2D eigenvalue weighted by Crippen LogP contribution is -2.49.